The summed E-state index contributed by atoms with van der Waals surface area (Å²) in [4.78, 5) is 4.35. The van der Waals surface area contributed by atoms with E-state index in [1.807, 2.05) is 25.2 Å². The summed E-state index contributed by atoms with van der Waals surface area (Å²) in [6, 6.07) is 10.1. The summed E-state index contributed by atoms with van der Waals surface area (Å²) in [6.07, 6.45) is 1.80. The maximum atomic E-state index is 4.35. The fourth-order valence-electron chi connectivity index (χ4n) is 1.87. The van der Waals surface area contributed by atoms with Gasteiger partial charge in [-0.2, -0.15) is 0 Å². The van der Waals surface area contributed by atoms with Gasteiger partial charge in [-0.25, -0.2) is 0 Å². The van der Waals surface area contributed by atoms with Crippen LogP contribution in [-0.4, -0.2) is 22.2 Å². The lowest BCUT2D eigenvalue weighted by molar-refractivity contribution is 0.795. The molecule has 5 heteroatoms. The number of fused-ring (bicyclic) bond motifs is 1. The van der Waals surface area contributed by atoms with Crippen LogP contribution in [0, 0.1) is 0 Å². The first-order valence-corrected chi connectivity index (χ1v) is 6.51. The van der Waals surface area contributed by atoms with Crippen molar-refractivity contribution in [1.82, 2.24) is 20.5 Å². The molecule has 0 aliphatic carbocycles. The summed E-state index contributed by atoms with van der Waals surface area (Å²) in [5.41, 5.74) is 2.08. The molecule has 3 aromatic rings. The van der Waals surface area contributed by atoms with Gasteiger partial charge in [0.25, 0.3) is 0 Å². The van der Waals surface area contributed by atoms with Crippen LogP contribution in [0.4, 0.5) is 0 Å². The van der Waals surface area contributed by atoms with E-state index in [0.717, 1.165) is 33.0 Å². The van der Waals surface area contributed by atoms with Crippen molar-refractivity contribution in [2.45, 2.75) is 6.54 Å². The molecular formula is C13H12N4S. The quantitative estimate of drug-likeness (QED) is 0.782. The molecule has 0 saturated carbocycles. The Hall–Kier alpha value is -1.85. The SMILES string of the molecule is CNCc1nnc(-c2cccc3ncccc23)s1. The molecule has 0 aliphatic rings. The highest BCUT2D eigenvalue weighted by atomic mass is 32.1. The number of pyridine rings is 1. The lowest BCUT2D eigenvalue weighted by Crippen LogP contribution is -2.04. The highest BCUT2D eigenvalue weighted by Gasteiger charge is 2.09. The monoisotopic (exact) mass is 256 g/mol. The van der Waals surface area contributed by atoms with Gasteiger partial charge in [-0.3, -0.25) is 4.98 Å². The molecule has 0 saturated heterocycles. The Kier molecular flexibility index (Phi) is 3.00. The Morgan fingerprint density at radius 2 is 2.11 bits per heavy atom. The Morgan fingerprint density at radius 3 is 3.00 bits per heavy atom. The number of nitrogens with zero attached hydrogens (tertiary/aromatic N) is 3. The minimum Gasteiger partial charge on any atom is -0.313 e. The van der Waals surface area contributed by atoms with Gasteiger partial charge in [0.2, 0.25) is 0 Å². The van der Waals surface area contributed by atoms with Crippen molar-refractivity contribution >= 4 is 22.2 Å². The summed E-state index contributed by atoms with van der Waals surface area (Å²) in [5.74, 6) is 0. The average molecular weight is 256 g/mol. The molecule has 2 aromatic heterocycles. The van der Waals surface area contributed by atoms with Crippen molar-refractivity contribution in [3.8, 4) is 10.6 Å². The van der Waals surface area contributed by atoms with Gasteiger partial charge in [0.1, 0.15) is 10.0 Å². The van der Waals surface area contributed by atoms with Crippen LogP contribution in [0.5, 0.6) is 0 Å². The third-order valence-corrected chi connectivity index (χ3v) is 3.63. The minimum atomic E-state index is 0.751. The van der Waals surface area contributed by atoms with Crippen molar-refractivity contribution in [2.24, 2.45) is 0 Å². The van der Waals surface area contributed by atoms with E-state index < -0.39 is 0 Å². The van der Waals surface area contributed by atoms with E-state index in [-0.39, 0.29) is 0 Å². The van der Waals surface area contributed by atoms with Crippen LogP contribution in [0.15, 0.2) is 36.5 Å². The summed E-state index contributed by atoms with van der Waals surface area (Å²) < 4.78 is 0. The number of benzene rings is 1. The maximum absolute atomic E-state index is 4.35. The Morgan fingerprint density at radius 1 is 1.17 bits per heavy atom. The zero-order valence-corrected chi connectivity index (χ0v) is 10.7. The maximum Gasteiger partial charge on any atom is 0.148 e. The van der Waals surface area contributed by atoms with Crippen molar-refractivity contribution in [3.05, 3.63) is 41.5 Å². The largest absolute Gasteiger partial charge is 0.313 e. The zero-order chi connectivity index (χ0) is 12.4. The molecule has 4 nitrogen and oxygen atoms in total. The van der Waals surface area contributed by atoms with Crippen LogP contribution in [0.25, 0.3) is 21.5 Å². The molecule has 0 aliphatic heterocycles. The fourth-order valence-corrected chi connectivity index (χ4v) is 2.77. The van der Waals surface area contributed by atoms with Crippen LogP contribution in [-0.2, 0) is 6.54 Å². The van der Waals surface area contributed by atoms with E-state index in [4.69, 9.17) is 0 Å². The molecule has 0 spiro atoms. The first-order chi connectivity index (χ1) is 8.88. The Labute approximate surface area is 109 Å². The second-order valence-electron chi connectivity index (χ2n) is 3.91. The number of rotatable bonds is 3. The molecule has 1 aromatic carbocycles. The number of aromatic nitrogens is 3. The summed E-state index contributed by atoms with van der Waals surface area (Å²) in [7, 11) is 1.91. The summed E-state index contributed by atoms with van der Waals surface area (Å²) in [6.45, 7) is 0.751. The summed E-state index contributed by atoms with van der Waals surface area (Å²) >= 11 is 1.61. The standard InChI is InChI=1S/C13H12N4S/c1-14-8-12-16-17-13(18-12)10-4-2-6-11-9(10)5-3-7-15-11/h2-7,14H,8H2,1H3. The molecule has 0 unspecified atom stereocenters. The molecule has 1 N–H and O–H groups in total. The van der Waals surface area contributed by atoms with E-state index in [9.17, 15) is 0 Å². The van der Waals surface area contributed by atoms with Crippen molar-refractivity contribution < 1.29 is 0 Å². The van der Waals surface area contributed by atoms with Gasteiger partial charge in [-0.05, 0) is 19.2 Å². The van der Waals surface area contributed by atoms with Gasteiger partial charge in [0.15, 0.2) is 0 Å². The predicted molar refractivity (Wildman–Crippen MR) is 73.4 cm³/mol. The first kappa shape index (κ1) is 11.3. The van der Waals surface area contributed by atoms with Gasteiger partial charge in [0, 0.05) is 23.7 Å². The Bertz CT molecular complexity index is 672. The smallest absolute Gasteiger partial charge is 0.148 e. The first-order valence-electron chi connectivity index (χ1n) is 5.69. The lowest BCUT2D eigenvalue weighted by Gasteiger charge is -2.01. The molecule has 0 atom stereocenters. The van der Waals surface area contributed by atoms with Crippen molar-refractivity contribution in [3.63, 3.8) is 0 Å². The highest BCUT2D eigenvalue weighted by Crippen LogP contribution is 2.29. The molecule has 0 amide bonds. The van der Waals surface area contributed by atoms with Crippen LogP contribution < -0.4 is 5.32 Å². The lowest BCUT2D eigenvalue weighted by atomic mass is 10.1. The van der Waals surface area contributed by atoms with Gasteiger partial charge >= 0.3 is 0 Å². The van der Waals surface area contributed by atoms with E-state index in [2.05, 4.69) is 32.6 Å². The molecule has 0 bridgehead atoms. The van der Waals surface area contributed by atoms with Crippen molar-refractivity contribution in [2.75, 3.05) is 7.05 Å². The topological polar surface area (TPSA) is 50.7 Å². The minimum absolute atomic E-state index is 0.751. The predicted octanol–water partition coefficient (Wildman–Crippen LogP) is 2.47. The average Bonchev–Trinajstić information content (AvgIpc) is 2.87. The molecule has 0 fully saturated rings. The van der Waals surface area contributed by atoms with Gasteiger partial charge < -0.3 is 5.32 Å². The van der Waals surface area contributed by atoms with E-state index in [0.29, 0.717) is 0 Å². The molecule has 3 rings (SSSR count). The van der Waals surface area contributed by atoms with Gasteiger partial charge in [0.05, 0.1) is 5.52 Å². The third kappa shape index (κ3) is 1.98. The summed E-state index contributed by atoms with van der Waals surface area (Å²) in [5, 5.41) is 14.6. The van der Waals surface area contributed by atoms with E-state index in [1.165, 1.54) is 0 Å². The van der Waals surface area contributed by atoms with E-state index >= 15 is 0 Å². The second-order valence-corrected chi connectivity index (χ2v) is 4.97. The number of hydrogen-bond acceptors (Lipinski definition) is 5. The van der Waals surface area contributed by atoms with Crippen LogP contribution in [0.3, 0.4) is 0 Å². The molecule has 0 radical (unpaired) electrons. The number of nitrogens with one attached hydrogen (secondary N) is 1. The van der Waals surface area contributed by atoms with Crippen molar-refractivity contribution in [1.29, 1.82) is 0 Å². The normalized spacial score (nSPS) is 10.9. The third-order valence-electron chi connectivity index (χ3n) is 2.67. The molecule has 90 valence electrons. The van der Waals surface area contributed by atoms with Crippen LogP contribution in [0.2, 0.25) is 0 Å². The Balaban J connectivity index is 2.12. The second kappa shape index (κ2) is 4.80. The number of hydrogen-bond donors (Lipinski definition) is 1. The van der Waals surface area contributed by atoms with Gasteiger partial charge in [-0.1, -0.05) is 29.5 Å². The zero-order valence-electron chi connectivity index (χ0n) is 9.92. The fraction of sp³-hybridized carbons (Fsp3) is 0.154. The molecular weight excluding hydrogens is 244 g/mol. The van der Waals surface area contributed by atoms with Crippen LogP contribution >= 0.6 is 11.3 Å². The molecule has 18 heavy (non-hydrogen) atoms. The van der Waals surface area contributed by atoms with Crippen LogP contribution in [0.1, 0.15) is 5.01 Å². The van der Waals surface area contributed by atoms with Gasteiger partial charge in [-0.15, -0.1) is 10.2 Å². The van der Waals surface area contributed by atoms with E-state index in [1.54, 1.807) is 17.5 Å². The molecule has 2 heterocycles. The highest BCUT2D eigenvalue weighted by molar-refractivity contribution is 7.14.